The number of pyridine rings is 1. The Balaban J connectivity index is 2.92. The number of ether oxygens (including phenoxy) is 1. The van der Waals surface area contributed by atoms with Crippen molar-refractivity contribution < 1.29 is 17.9 Å². The van der Waals surface area contributed by atoms with E-state index in [2.05, 4.69) is 9.72 Å². The van der Waals surface area contributed by atoms with Crippen LogP contribution in [0.5, 0.6) is 5.75 Å². The third kappa shape index (κ3) is 3.87. The summed E-state index contributed by atoms with van der Waals surface area (Å²) in [4.78, 5) is 3.89. The molecular formula is C7H4ClF3INO. The monoisotopic (exact) mass is 337 g/mol. The molecule has 0 saturated heterocycles. The number of aromatic nitrogens is 1. The molecule has 0 bridgehead atoms. The molecule has 0 aromatic carbocycles. The van der Waals surface area contributed by atoms with Crippen molar-refractivity contribution in [2.45, 2.75) is 12.2 Å². The molecule has 0 unspecified atom stereocenters. The minimum Gasteiger partial charge on any atom is -0.406 e. The number of nitrogens with zero attached hydrogens (tertiary/aromatic N) is 1. The maximum Gasteiger partial charge on any atom is 0.573 e. The summed E-state index contributed by atoms with van der Waals surface area (Å²) in [6.45, 7) is 0. The molecule has 0 aliphatic carbocycles. The molecule has 0 fully saturated rings. The van der Waals surface area contributed by atoms with Gasteiger partial charge in [0.1, 0.15) is 9.45 Å². The number of alkyl halides is 4. The van der Waals surface area contributed by atoms with E-state index in [1.807, 2.05) is 0 Å². The Morgan fingerprint density at radius 3 is 2.57 bits per heavy atom. The Kier molecular flexibility index (Phi) is 3.82. The topological polar surface area (TPSA) is 22.1 Å². The quantitative estimate of drug-likeness (QED) is 0.469. The molecule has 1 aromatic heterocycles. The normalized spacial score (nSPS) is 11.5. The molecule has 0 radical (unpaired) electrons. The van der Waals surface area contributed by atoms with Gasteiger partial charge >= 0.3 is 6.36 Å². The summed E-state index contributed by atoms with van der Waals surface area (Å²) in [7, 11) is 0. The van der Waals surface area contributed by atoms with E-state index in [-0.39, 0.29) is 11.6 Å². The van der Waals surface area contributed by atoms with Crippen LogP contribution in [0.2, 0.25) is 0 Å². The second-order valence-corrected chi connectivity index (χ2v) is 3.67. The molecule has 2 nitrogen and oxygen atoms in total. The van der Waals surface area contributed by atoms with E-state index in [1.54, 1.807) is 22.6 Å². The van der Waals surface area contributed by atoms with Gasteiger partial charge in [0.15, 0.2) is 0 Å². The average Bonchev–Trinajstić information content (AvgIpc) is 1.99. The second kappa shape index (κ2) is 4.52. The molecule has 14 heavy (non-hydrogen) atoms. The van der Waals surface area contributed by atoms with Gasteiger partial charge in [0.2, 0.25) is 0 Å². The van der Waals surface area contributed by atoms with E-state index in [0.717, 1.165) is 6.07 Å². The van der Waals surface area contributed by atoms with E-state index >= 15 is 0 Å². The van der Waals surface area contributed by atoms with E-state index in [1.165, 1.54) is 6.07 Å². The van der Waals surface area contributed by atoms with Crippen molar-refractivity contribution in [1.82, 2.24) is 4.98 Å². The fraction of sp³-hybridized carbons (Fsp3) is 0.286. The summed E-state index contributed by atoms with van der Waals surface area (Å²) < 4.78 is 39.6. The van der Waals surface area contributed by atoms with Crippen LogP contribution in [0, 0.1) is 3.70 Å². The van der Waals surface area contributed by atoms with Crippen LogP contribution in [-0.4, -0.2) is 11.3 Å². The van der Waals surface area contributed by atoms with Crippen molar-refractivity contribution in [3.05, 3.63) is 21.5 Å². The predicted molar refractivity (Wildman–Crippen MR) is 53.2 cm³/mol. The third-order valence-corrected chi connectivity index (χ3v) is 2.02. The summed E-state index contributed by atoms with van der Waals surface area (Å²) >= 11 is 7.23. The number of halogens is 5. The van der Waals surface area contributed by atoms with E-state index in [9.17, 15) is 13.2 Å². The van der Waals surface area contributed by atoms with Crippen LogP contribution in [0.25, 0.3) is 0 Å². The Hall–Kier alpha value is -0.240. The number of hydrogen-bond acceptors (Lipinski definition) is 2. The van der Waals surface area contributed by atoms with Crippen molar-refractivity contribution in [3.63, 3.8) is 0 Å². The maximum atomic E-state index is 11.8. The molecular weight excluding hydrogens is 333 g/mol. The Labute approximate surface area is 96.6 Å². The Morgan fingerprint density at radius 2 is 2.07 bits per heavy atom. The molecule has 0 aliphatic heterocycles. The molecule has 0 aliphatic rings. The minimum absolute atomic E-state index is 0.0467. The van der Waals surface area contributed by atoms with Gasteiger partial charge in [-0.15, -0.1) is 24.8 Å². The fourth-order valence-corrected chi connectivity index (χ4v) is 1.54. The lowest BCUT2D eigenvalue weighted by atomic mass is 10.3. The zero-order valence-corrected chi connectivity index (χ0v) is 9.52. The third-order valence-electron chi connectivity index (χ3n) is 1.19. The largest absolute Gasteiger partial charge is 0.573 e. The lowest BCUT2D eigenvalue weighted by molar-refractivity contribution is -0.274. The maximum absolute atomic E-state index is 11.8. The molecule has 0 N–H and O–H groups in total. The van der Waals surface area contributed by atoms with Crippen molar-refractivity contribution >= 4 is 34.2 Å². The highest BCUT2D eigenvalue weighted by atomic mass is 127. The molecule has 0 amide bonds. The lowest BCUT2D eigenvalue weighted by Crippen LogP contribution is -2.17. The van der Waals surface area contributed by atoms with Crippen LogP contribution in [0.4, 0.5) is 13.2 Å². The first-order valence-corrected chi connectivity index (χ1v) is 5.00. The van der Waals surface area contributed by atoms with Crippen LogP contribution in [0.15, 0.2) is 12.1 Å². The first kappa shape index (κ1) is 11.8. The van der Waals surface area contributed by atoms with Gasteiger partial charge in [0.05, 0.1) is 11.6 Å². The predicted octanol–water partition coefficient (Wildman–Crippen LogP) is 3.32. The molecule has 1 rings (SSSR count). The van der Waals surface area contributed by atoms with Crippen molar-refractivity contribution in [1.29, 1.82) is 0 Å². The van der Waals surface area contributed by atoms with Crippen LogP contribution >= 0.6 is 34.2 Å². The molecule has 1 aromatic rings. The molecule has 78 valence electrons. The highest BCUT2D eigenvalue weighted by Crippen LogP contribution is 2.24. The highest BCUT2D eigenvalue weighted by Gasteiger charge is 2.31. The number of hydrogen-bond donors (Lipinski definition) is 0. The van der Waals surface area contributed by atoms with Gasteiger partial charge < -0.3 is 4.74 Å². The first-order valence-electron chi connectivity index (χ1n) is 3.39. The first-order chi connectivity index (χ1) is 6.40. The van der Waals surface area contributed by atoms with Crippen LogP contribution in [0.3, 0.4) is 0 Å². The summed E-state index contributed by atoms with van der Waals surface area (Å²) in [6, 6.07) is 2.34. The van der Waals surface area contributed by atoms with Crippen molar-refractivity contribution in [3.8, 4) is 5.75 Å². The Morgan fingerprint density at radius 1 is 1.43 bits per heavy atom. The molecule has 0 atom stereocenters. The smallest absolute Gasteiger partial charge is 0.406 e. The van der Waals surface area contributed by atoms with Crippen LogP contribution in [-0.2, 0) is 5.88 Å². The minimum atomic E-state index is -4.69. The SMILES string of the molecule is FC(F)(F)Oc1cc(I)nc(CCl)c1. The van der Waals surface area contributed by atoms with Crippen molar-refractivity contribution in [2.24, 2.45) is 0 Å². The summed E-state index contributed by atoms with van der Waals surface area (Å²) in [5.41, 5.74) is 0.345. The number of rotatable bonds is 2. The van der Waals surface area contributed by atoms with Gasteiger partial charge in [-0.3, -0.25) is 0 Å². The molecule has 1 heterocycles. The van der Waals surface area contributed by atoms with Gasteiger partial charge in [-0.1, -0.05) is 0 Å². The Bertz CT molecular complexity index is 331. The van der Waals surface area contributed by atoms with Crippen LogP contribution < -0.4 is 4.74 Å². The van der Waals surface area contributed by atoms with Crippen molar-refractivity contribution in [2.75, 3.05) is 0 Å². The summed E-state index contributed by atoms with van der Waals surface area (Å²) in [5, 5.41) is 0. The molecule has 7 heteroatoms. The summed E-state index contributed by atoms with van der Waals surface area (Å²) in [6.07, 6.45) is -4.69. The average molecular weight is 337 g/mol. The second-order valence-electron chi connectivity index (χ2n) is 2.30. The van der Waals surface area contributed by atoms with E-state index < -0.39 is 6.36 Å². The zero-order chi connectivity index (χ0) is 10.8. The van der Waals surface area contributed by atoms with Crippen LogP contribution in [0.1, 0.15) is 5.69 Å². The lowest BCUT2D eigenvalue weighted by Gasteiger charge is -2.09. The van der Waals surface area contributed by atoms with Gasteiger partial charge in [0, 0.05) is 12.1 Å². The van der Waals surface area contributed by atoms with Gasteiger partial charge in [-0.25, -0.2) is 4.98 Å². The van der Waals surface area contributed by atoms with E-state index in [4.69, 9.17) is 11.6 Å². The fourth-order valence-electron chi connectivity index (χ4n) is 0.786. The zero-order valence-electron chi connectivity index (χ0n) is 6.61. The standard InChI is InChI=1S/C7H4ClF3INO/c8-3-4-1-5(2-6(12)13-4)14-7(9,10)11/h1-2H,3H2. The van der Waals surface area contributed by atoms with E-state index in [0.29, 0.717) is 9.39 Å². The molecule has 0 saturated carbocycles. The van der Waals surface area contributed by atoms with Gasteiger partial charge in [-0.05, 0) is 22.6 Å². The molecule has 0 spiro atoms. The van der Waals surface area contributed by atoms with Gasteiger partial charge in [-0.2, -0.15) is 0 Å². The highest BCUT2D eigenvalue weighted by molar-refractivity contribution is 14.1. The summed E-state index contributed by atoms with van der Waals surface area (Å²) in [5.74, 6) is -0.252. The van der Waals surface area contributed by atoms with Gasteiger partial charge in [0.25, 0.3) is 0 Å².